The maximum Gasteiger partial charge on any atom is 0.294 e. The third-order valence-electron chi connectivity index (χ3n) is 4.11. The largest absolute Gasteiger partial charge is 0.321 e. The monoisotopic (exact) mass is 444 g/mol. The number of halogens is 1. The summed E-state index contributed by atoms with van der Waals surface area (Å²) >= 11 is 6.78. The van der Waals surface area contributed by atoms with Crippen LogP contribution in [0.2, 0.25) is 5.02 Å². The number of nitrogens with two attached hydrogens (primary N) is 2. The van der Waals surface area contributed by atoms with Gasteiger partial charge in [-0.15, -0.1) is 0 Å². The van der Waals surface area contributed by atoms with E-state index in [-0.39, 0.29) is 27.3 Å². The number of carbonyl (C=O) groups excluding carboxylic acids is 1. The average Bonchev–Trinajstić information content (AvgIpc) is 2.74. The van der Waals surface area contributed by atoms with Crippen molar-refractivity contribution < 1.29 is 9.72 Å². The lowest BCUT2D eigenvalue weighted by atomic mass is 10.1. The van der Waals surface area contributed by atoms with E-state index in [1.807, 2.05) is 42.5 Å². The van der Waals surface area contributed by atoms with Gasteiger partial charge in [0.15, 0.2) is 0 Å². The Hall–Kier alpha value is -3.34. The number of hydrogen-bond donors (Lipinski definition) is 3. The van der Waals surface area contributed by atoms with Crippen LogP contribution in [0.5, 0.6) is 0 Å². The van der Waals surface area contributed by atoms with E-state index in [1.165, 1.54) is 23.2 Å². The van der Waals surface area contributed by atoms with Gasteiger partial charge in [0.2, 0.25) is 11.1 Å². The zero-order valence-electron chi connectivity index (χ0n) is 15.5. The number of carbonyl (C=O) groups is 1. The maximum atomic E-state index is 12.3. The number of nitrogens with one attached hydrogen (secondary N) is 1. The molecule has 3 rings (SSSR count). The number of anilines is 2. The first-order valence-electron chi connectivity index (χ1n) is 8.57. The van der Waals surface area contributed by atoms with Crippen LogP contribution < -0.4 is 22.0 Å². The Bertz CT molecular complexity index is 1130. The Morgan fingerprint density at radius 3 is 2.67 bits per heavy atom. The molecule has 9 nitrogen and oxygen atoms in total. The van der Waals surface area contributed by atoms with E-state index in [9.17, 15) is 14.9 Å². The summed E-state index contributed by atoms with van der Waals surface area (Å²) in [5.41, 5.74) is 0.406. The molecule has 154 valence electrons. The minimum Gasteiger partial charge on any atom is -0.321 e. The molecule has 0 radical (unpaired) electrons. The highest BCUT2D eigenvalue weighted by Gasteiger charge is 2.19. The summed E-state index contributed by atoms with van der Waals surface area (Å²) in [6.07, 6.45) is 0. The van der Waals surface area contributed by atoms with Crippen molar-refractivity contribution in [1.29, 1.82) is 0 Å². The van der Waals surface area contributed by atoms with Crippen LogP contribution in [0.3, 0.4) is 0 Å². The number of hydrazine groups is 1. The summed E-state index contributed by atoms with van der Waals surface area (Å²) in [6.45, 7) is 0. The second kappa shape index (κ2) is 9.44. The molecule has 0 atom stereocenters. The van der Waals surface area contributed by atoms with E-state index >= 15 is 0 Å². The summed E-state index contributed by atoms with van der Waals surface area (Å²) in [6, 6.07) is 17.3. The molecule has 0 bridgehead atoms. The van der Waals surface area contributed by atoms with Gasteiger partial charge in [-0.2, -0.15) is 5.10 Å². The van der Waals surface area contributed by atoms with Crippen molar-refractivity contribution in [2.24, 2.45) is 16.8 Å². The summed E-state index contributed by atoms with van der Waals surface area (Å²) < 4.78 is 0. The Balaban J connectivity index is 1.71. The molecular formula is C19H17ClN6O3S. The van der Waals surface area contributed by atoms with Crippen LogP contribution >= 0.6 is 23.4 Å². The molecule has 5 N–H and O–H groups in total. The van der Waals surface area contributed by atoms with E-state index in [0.29, 0.717) is 5.69 Å². The van der Waals surface area contributed by atoms with Crippen molar-refractivity contribution >= 4 is 62.3 Å². The van der Waals surface area contributed by atoms with Gasteiger partial charge < -0.3 is 11.2 Å². The molecule has 0 aliphatic rings. The average molecular weight is 445 g/mol. The van der Waals surface area contributed by atoms with Crippen molar-refractivity contribution in [2.45, 2.75) is 0 Å². The number of thioether (sulfide) groups is 1. The summed E-state index contributed by atoms with van der Waals surface area (Å²) in [7, 11) is 0. The van der Waals surface area contributed by atoms with Crippen molar-refractivity contribution in [3.05, 3.63) is 75.8 Å². The van der Waals surface area contributed by atoms with Crippen LogP contribution in [0.25, 0.3) is 10.8 Å². The number of fused-ring (bicyclic) bond motifs is 1. The third kappa shape index (κ3) is 4.79. The van der Waals surface area contributed by atoms with Crippen LogP contribution in [0.15, 0.2) is 65.8 Å². The Labute approximate surface area is 180 Å². The van der Waals surface area contributed by atoms with Gasteiger partial charge in [0.25, 0.3) is 5.69 Å². The molecule has 3 aromatic carbocycles. The lowest BCUT2D eigenvalue weighted by Gasteiger charge is -2.21. The predicted octanol–water partition coefficient (Wildman–Crippen LogP) is 3.68. The van der Waals surface area contributed by atoms with E-state index < -0.39 is 10.8 Å². The fourth-order valence-corrected chi connectivity index (χ4v) is 3.58. The van der Waals surface area contributed by atoms with E-state index in [1.54, 1.807) is 0 Å². The number of amides is 1. The molecule has 0 aliphatic heterocycles. The molecule has 0 spiro atoms. The highest BCUT2D eigenvalue weighted by molar-refractivity contribution is 8.14. The molecule has 0 aromatic heterocycles. The zero-order valence-corrected chi connectivity index (χ0v) is 17.1. The topological polar surface area (TPSA) is 140 Å². The predicted molar refractivity (Wildman–Crippen MR) is 121 cm³/mol. The first-order chi connectivity index (χ1) is 14.4. The van der Waals surface area contributed by atoms with Crippen LogP contribution in [0.4, 0.5) is 17.1 Å². The van der Waals surface area contributed by atoms with Gasteiger partial charge in [0, 0.05) is 16.5 Å². The molecule has 0 saturated heterocycles. The normalized spacial score (nSPS) is 11.3. The minimum absolute atomic E-state index is 0.0416. The zero-order chi connectivity index (χ0) is 21.7. The lowest BCUT2D eigenvalue weighted by Crippen LogP contribution is -2.37. The molecular weight excluding hydrogens is 428 g/mol. The molecule has 3 aromatic rings. The molecule has 11 heteroatoms. The number of benzene rings is 3. The number of nitro benzene ring substituents is 1. The van der Waals surface area contributed by atoms with Gasteiger partial charge in [-0.05, 0) is 23.6 Å². The van der Waals surface area contributed by atoms with Gasteiger partial charge >= 0.3 is 0 Å². The first-order valence-corrected chi connectivity index (χ1v) is 9.94. The third-order valence-corrected chi connectivity index (χ3v) is 5.31. The number of amidine groups is 1. The van der Waals surface area contributed by atoms with Crippen molar-refractivity contribution in [3.8, 4) is 0 Å². The second-order valence-electron chi connectivity index (χ2n) is 6.04. The van der Waals surface area contributed by atoms with Crippen molar-refractivity contribution in [3.63, 3.8) is 0 Å². The highest BCUT2D eigenvalue weighted by atomic mass is 35.5. The molecule has 0 fully saturated rings. The smallest absolute Gasteiger partial charge is 0.294 e. The van der Waals surface area contributed by atoms with Gasteiger partial charge in [0.1, 0.15) is 5.69 Å². The minimum atomic E-state index is -0.621. The highest BCUT2D eigenvalue weighted by Crippen LogP contribution is 2.29. The fourth-order valence-electron chi connectivity index (χ4n) is 2.77. The molecule has 0 saturated carbocycles. The van der Waals surface area contributed by atoms with E-state index in [0.717, 1.165) is 22.5 Å². The SMILES string of the molecule is N/N=C(/SCC(=O)Nc1ccc(Cl)cc1[N+](=O)[O-])N(N)c1cccc2ccccc12. The van der Waals surface area contributed by atoms with Gasteiger partial charge in [-0.1, -0.05) is 59.8 Å². The Morgan fingerprint density at radius 1 is 1.20 bits per heavy atom. The van der Waals surface area contributed by atoms with Crippen LogP contribution in [-0.2, 0) is 4.79 Å². The summed E-state index contributed by atoms with van der Waals surface area (Å²) in [4.78, 5) is 22.9. The number of hydrogen-bond acceptors (Lipinski definition) is 7. The molecule has 0 unspecified atom stereocenters. The number of nitrogens with zero attached hydrogens (tertiary/aromatic N) is 3. The number of nitro groups is 1. The van der Waals surface area contributed by atoms with Crippen LogP contribution in [-0.4, -0.2) is 21.8 Å². The molecule has 30 heavy (non-hydrogen) atoms. The van der Waals surface area contributed by atoms with Crippen LogP contribution in [0.1, 0.15) is 0 Å². The number of rotatable bonds is 5. The summed E-state index contributed by atoms with van der Waals surface area (Å²) in [5.74, 6) is 11.1. The standard InChI is InChI=1S/C19H17ClN6O3S/c20-13-8-9-15(17(10-13)26(28)29)23-18(27)11-30-19(24-21)25(22)16-7-3-5-12-4-1-2-6-14(12)16/h1-10H,11,21-22H2,(H,23,27)/b24-19+. The van der Waals surface area contributed by atoms with Gasteiger partial charge in [-0.25, -0.2) is 5.84 Å². The van der Waals surface area contributed by atoms with E-state index in [2.05, 4.69) is 10.4 Å². The number of hydrazone groups is 1. The van der Waals surface area contributed by atoms with Crippen molar-refractivity contribution in [1.82, 2.24) is 0 Å². The Morgan fingerprint density at radius 2 is 1.93 bits per heavy atom. The Kier molecular flexibility index (Phi) is 6.72. The van der Waals surface area contributed by atoms with Crippen molar-refractivity contribution in [2.75, 3.05) is 16.1 Å². The quantitative estimate of drug-likeness (QED) is 0.179. The van der Waals surface area contributed by atoms with Gasteiger partial charge in [0.05, 0.1) is 16.4 Å². The maximum absolute atomic E-state index is 12.3. The fraction of sp³-hybridized carbons (Fsp3) is 0.0526. The molecule has 1 amide bonds. The second-order valence-corrected chi connectivity index (χ2v) is 7.41. The lowest BCUT2D eigenvalue weighted by molar-refractivity contribution is -0.383. The first kappa shape index (κ1) is 21.4. The van der Waals surface area contributed by atoms with Crippen LogP contribution in [0, 0.1) is 10.1 Å². The summed E-state index contributed by atoms with van der Waals surface area (Å²) in [5, 5.41) is 20.9. The van der Waals surface area contributed by atoms with E-state index in [4.69, 9.17) is 23.3 Å². The van der Waals surface area contributed by atoms with Gasteiger partial charge in [-0.3, -0.25) is 19.9 Å². The molecule has 0 heterocycles. The molecule has 0 aliphatic carbocycles.